The predicted molar refractivity (Wildman–Crippen MR) is 75.2 cm³/mol. The van der Waals surface area contributed by atoms with Crippen molar-refractivity contribution in [3.05, 3.63) is 23.8 Å². The van der Waals surface area contributed by atoms with Crippen molar-refractivity contribution in [2.75, 3.05) is 5.32 Å². The summed E-state index contributed by atoms with van der Waals surface area (Å²) in [4.78, 5) is 22.2. The second-order valence-electron chi connectivity index (χ2n) is 5.51. The number of nitrogens with one attached hydrogen (secondary N) is 1. The molecule has 7 nitrogen and oxygen atoms in total. The van der Waals surface area contributed by atoms with Gasteiger partial charge in [-0.15, -0.1) is 0 Å². The van der Waals surface area contributed by atoms with E-state index in [0.29, 0.717) is 0 Å². The summed E-state index contributed by atoms with van der Waals surface area (Å²) in [5.41, 5.74) is -0.362. The Bertz CT molecular complexity index is 535. The molecule has 1 rings (SSSR count). The zero-order valence-electron chi connectivity index (χ0n) is 12.1. The Balaban J connectivity index is 2.86. The first-order valence-electron chi connectivity index (χ1n) is 6.31. The summed E-state index contributed by atoms with van der Waals surface area (Å²) in [6.45, 7) is 5.14. The van der Waals surface area contributed by atoms with Crippen LogP contribution in [-0.2, 0) is 9.53 Å². The van der Waals surface area contributed by atoms with E-state index in [9.17, 15) is 19.8 Å². The number of amides is 1. The molecule has 1 aromatic rings. The lowest BCUT2D eigenvalue weighted by molar-refractivity contribution is -0.139. The van der Waals surface area contributed by atoms with Crippen molar-refractivity contribution >= 4 is 17.7 Å². The molecule has 0 aliphatic carbocycles. The average Bonchev–Trinajstić information content (AvgIpc) is 2.28. The average molecular weight is 297 g/mol. The highest BCUT2D eigenvalue weighted by Gasteiger charge is 2.19. The summed E-state index contributed by atoms with van der Waals surface area (Å²) in [5.74, 6) is -1.45. The molecule has 0 unspecified atom stereocenters. The topological polar surface area (TPSA) is 116 Å². The second-order valence-corrected chi connectivity index (χ2v) is 5.51. The number of carbonyl (C=O) groups excluding carboxylic acids is 1. The van der Waals surface area contributed by atoms with Crippen molar-refractivity contribution in [2.45, 2.75) is 38.9 Å². The number of aliphatic hydroxyl groups is 1. The zero-order chi connectivity index (χ0) is 16.2. The van der Waals surface area contributed by atoms with Gasteiger partial charge in [0, 0.05) is 11.3 Å². The molecule has 0 radical (unpaired) electrons. The molecule has 0 aliphatic rings. The third-order valence-electron chi connectivity index (χ3n) is 2.40. The van der Waals surface area contributed by atoms with E-state index < -0.39 is 30.2 Å². The van der Waals surface area contributed by atoms with E-state index >= 15 is 0 Å². The fourth-order valence-electron chi connectivity index (χ4n) is 1.60. The van der Waals surface area contributed by atoms with E-state index in [1.165, 1.54) is 18.2 Å². The number of carboxylic acids is 1. The minimum Gasteiger partial charge on any atom is -0.508 e. The Morgan fingerprint density at radius 2 is 1.95 bits per heavy atom. The number of aliphatic hydroxyl groups excluding tert-OH is 1. The number of anilines is 1. The van der Waals surface area contributed by atoms with Gasteiger partial charge in [0.1, 0.15) is 11.4 Å². The van der Waals surface area contributed by atoms with Crippen molar-refractivity contribution < 1.29 is 29.6 Å². The first-order chi connectivity index (χ1) is 9.58. The molecule has 1 aromatic carbocycles. The van der Waals surface area contributed by atoms with Crippen LogP contribution in [0.2, 0.25) is 0 Å². The molecule has 4 N–H and O–H groups in total. The Labute approximate surface area is 122 Å². The van der Waals surface area contributed by atoms with Crippen LogP contribution in [0.4, 0.5) is 10.5 Å². The minimum atomic E-state index is -1.37. The van der Waals surface area contributed by atoms with Crippen molar-refractivity contribution in [1.29, 1.82) is 0 Å². The van der Waals surface area contributed by atoms with E-state index in [1.807, 2.05) is 0 Å². The maximum atomic E-state index is 11.6. The highest BCUT2D eigenvalue weighted by Crippen LogP contribution is 2.29. The molecule has 116 valence electrons. The lowest BCUT2D eigenvalue weighted by Gasteiger charge is -2.20. The third kappa shape index (κ3) is 5.70. The van der Waals surface area contributed by atoms with Crippen molar-refractivity contribution in [1.82, 2.24) is 0 Å². The first-order valence-corrected chi connectivity index (χ1v) is 6.31. The van der Waals surface area contributed by atoms with Crippen LogP contribution in [-0.4, -0.2) is 33.0 Å². The Kier molecular flexibility index (Phi) is 5.15. The van der Waals surface area contributed by atoms with Gasteiger partial charge in [-0.3, -0.25) is 10.1 Å². The van der Waals surface area contributed by atoms with Crippen LogP contribution in [0.5, 0.6) is 5.75 Å². The Hall–Kier alpha value is -2.28. The molecular formula is C14H19NO6. The summed E-state index contributed by atoms with van der Waals surface area (Å²) < 4.78 is 5.07. The van der Waals surface area contributed by atoms with Gasteiger partial charge in [-0.2, -0.15) is 0 Å². The van der Waals surface area contributed by atoms with Crippen LogP contribution in [0, 0.1) is 0 Å². The predicted octanol–water partition coefficient (Wildman–Crippen LogP) is 2.25. The fourth-order valence-corrected chi connectivity index (χ4v) is 1.60. The van der Waals surface area contributed by atoms with Crippen molar-refractivity contribution in [3.63, 3.8) is 0 Å². The number of phenolic OH excluding ortho intramolecular Hbond substituents is 1. The first kappa shape index (κ1) is 16.8. The third-order valence-corrected chi connectivity index (χ3v) is 2.40. The van der Waals surface area contributed by atoms with Crippen LogP contribution >= 0.6 is 0 Å². The summed E-state index contributed by atoms with van der Waals surface area (Å²) in [6, 6.07) is 3.97. The lowest BCUT2D eigenvalue weighted by Crippen LogP contribution is -2.27. The van der Waals surface area contributed by atoms with E-state index in [-0.39, 0.29) is 17.0 Å². The lowest BCUT2D eigenvalue weighted by atomic mass is 10.0. The number of benzene rings is 1. The summed E-state index contributed by atoms with van der Waals surface area (Å²) in [7, 11) is 0. The van der Waals surface area contributed by atoms with Crippen molar-refractivity contribution in [3.8, 4) is 5.75 Å². The second kappa shape index (κ2) is 6.45. The molecule has 1 amide bonds. The highest BCUT2D eigenvalue weighted by atomic mass is 16.6. The number of carboxylic acid groups (broad SMARTS) is 1. The zero-order valence-corrected chi connectivity index (χ0v) is 12.1. The molecule has 7 heteroatoms. The smallest absolute Gasteiger partial charge is 0.412 e. The molecule has 0 saturated heterocycles. The number of ether oxygens (including phenoxy) is 1. The maximum absolute atomic E-state index is 11.6. The Morgan fingerprint density at radius 3 is 2.48 bits per heavy atom. The van der Waals surface area contributed by atoms with Gasteiger partial charge >= 0.3 is 12.1 Å². The van der Waals surface area contributed by atoms with E-state index in [4.69, 9.17) is 9.84 Å². The largest absolute Gasteiger partial charge is 0.508 e. The number of phenols is 1. The van der Waals surface area contributed by atoms with E-state index in [1.54, 1.807) is 20.8 Å². The van der Waals surface area contributed by atoms with E-state index in [2.05, 4.69) is 5.32 Å². The number of hydrogen-bond acceptors (Lipinski definition) is 5. The minimum absolute atomic E-state index is 0.0194. The van der Waals surface area contributed by atoms with Crippen LogP contribution in [0.25, 0.3) is 0 Å². The molecule has 0 spiro atoms. The van der Waals surface area contributed by atoms with Crippen LogP contribution in [0.1, 0.15) is 38.9 Å². The maximum Gasteiger partial charge on any atom is 0.412 e. The SMILES string of the molecule is CC(C)(C)OC(=O)Nc1ccc(O)c([C@H](O)CC(=O)O)c1. The molecule has 0 bridgehead atoms. The van der Waals surface area contributed by atoms with Gasteiger partial charge in [-0.25, -0.2) is 4.79 Å². The van der Waals surface area contributed by atoms with Crippen LogP contribution < -0.4 is 5.32 Å². The standard InChI is InChI=1S/C14H19NO6/c1-14(2,3)21-13(20)15-8-4-5-10(16)9(6-8)11(17)7-12(18)19/h4-6,11,16-17H,7H2,1-3H3,(H,15,20)(H,18,19)/t11-/m1/s1. The number of aromatic hydroxyl groups is 1. The van der Waals surface area contributed by atoms with Gasteiger partial charge in [0.15, 0.2) is 0 Å². The van der Waals surface area contributed by atoms with Gasteiger partial charge in [0.2, 0.25) is 0 Å². The van der Waals surface area contributed by atoms with Crippen molar-refractivity contribution in [2.24, 2.45) is 0 Å². The van der Waals surface area contributed by atoms with Gasteiger partial charge < -0.3 is 20.1 Å². The fraction of sp³-hybridized carbons (Fsp3) is 0.429. The highest BCUT2D eigenvalue weighted by molar-refractivity contribution is 5.85. The van der Waals surface area contributed by atoms with Gasteiger partial charge in [-0.05, 0) is 39.0 Å². The Morgan fingerprint density at radius 1 is 1.33 bits per heavy atom. The summed E-state index contributed by atoms with van der Waals surface area (Å²) in [5, 5.41) is 30.5. The van der Waals surface area contributed by atoms with Gasteiger partial charge in [0.05, 0.1) is 12.5 Å². The molecular weight excluding hydrogens is 278 g/mol. The number of carbonyl (C=O) groups is 2. The molecule has 1 atom stereocenters. The number of hydrogen-bond donors (Lipinski definition) is 4. The molecule has 0 fully saturated rings. The molecule has 0 saturated carbocycles. The summed E-state index contributed by atoms with van der Waals surface area (Å²) in [6.07, 6.45) is -2.61. The molecule has 0 heterocycles. The monoisotopic (exact) mass is 297 g/mol. The van der Waals surface area contributed by atoms with Gasteiger partial charge in [0.25, 0.3) is 0 Å². The van der Waals surface area contributed by atoms with Crippen LogP contribution in [0.15, 0.2) is 18.2 Å². The molecule has 21 heavy (non-hydrogen) atoms. The van der Waals surface area contributed by atoms with E-state index in [0.717, 1.165) is 0 Å². The number of rotatable bonds is 4. The molecule has 0 aromatic heterocycles. The van der Waals surface area contributed by atoms with Crippen LogP contribution in [0.3, 0.4) is 0 Å². The normalized spacial score (nSPS) is 12.6. The summed E-state index contributed by atoms with van der Waals surface area (Å²) >= 11 is 0. The molecule has 0 aliphatic heterocycles. The quantitative estimate of drug-likeness (QED) is 0.633. The van der Waals surface area contributed by atoms with Gasteiger partial charge in [-0.1, -0.05) is 0 Å². The number of aliphatic carboxylic acids is 1.